The number of amides is 3. The van der Waals surface area contributed by atoms with Crippen LogP contribution in [0.4, 0.5) is 15.3 Å². The predicted molar refractivity (Wildman–Crippen MR) is 154 cm³/mol. The number of carbonyl (C=O) groups excluding carboxylic acids is 3. The lowest BCUT2D eigenvalue weighted by Gasteiger charge is -2.38. The number of fused-ring (bicyclic) bond motifs is 1. The lowest BCUT2D eigenvalue weighted by molar-refractivity contribution is -0.129. The van der Waals surface area contributed by atoms with Crippen LogP contribution >= 0.6 is 0 Å². The summed E-state index contributed by atoms with van der Waals surface area (Å²) in [5.41, 5.74) is 3.68. The maximum Gasteiger partial charge on any atom is 0.412 e. The van der Waals surface area contributed by atoms with E-state index in [-0.39, 0.29) is 12.1 Å². The molecule has 9 nitrogen and oxygen atoms in total. The van der Waals surface area contributed by atoms with Crippen LogP contribution in [0.15, 0.2) is 78.9 Å². The summed E-state index contributed by atoms with van der Waals surface area (Å²) in [6.45, 7) is 1.94. The van der Waals surface area contributed by atoms with Gasteiger partial charge in [0, 0.05) is 38.5 Å². The van der Waals surface area contributed by atoms with E-state index in [1.807, 2.05) is 59.5 Å². The van der Waals surface area contributed by atoms with Crippen molar-refractivity contribution >= 4 is 24.1 Å². The predicted octanol–water partition coefficient (Wildman–Crippen LogP) is 5.21. The van der Waals surface area contributed by atoms with Crippen LogP contribution in [0.5, 0.6) is 5.75 Å². The number of nitrogens with one attached hydrogen (secondary N) is 1. The number of piperidine rings is 1. The molecular weight excluding hydrogens is 522 g/mol. The number of benzene rings is 3. The molecule has 41 heavy (non-hydrogen) atoms. The number of carbonyl (C=O) groups is 3. The molecule has 2 heterocycles. The first-order chi connectivity index (χ1) is 20.1. The fraction of sp³-hybridized carbons (Fsp3) is 0.344. The highest BCUT2D eigenvalue weighted by Crippen LogP contribution is 2.27. The van der Waals surface area contributed by atoms with Crippen molar-refractivity contribution < 1.29 is 28.6 Å². The number of nitrogens with zero attached hydrogens (tertiary/aromatic N) is 2. The summed E-state index contributed by atoms with van der Waals surface area (Å²) >= 11 is 0. The molecule has 3 aromatic carbocycles. The Morgan fingerprint density at radius 2 is 1.68 bits per heavy atom. The summed E-state index contributed by atoms with van der Waals surface area (Å²) in [4.78, 5) is 41.5. The van der Waals surface area contributed by atoms with E-state index in [0.717, 1.165) is 29.5 Å². The van der Waals surface area contributed by atoms with Gasteiger partial charge >= 0.3 is 12.1 Å². The van der Waals surface area contributed by atoms with Crippen molar-refractivity contribution in [2.24, 2.45) is 0 Å². The van der Waals surface area contributed by atoms with Gasteiger partial charge in [0.05, 0.1) is 0 Å². The number of hydrogen-bond acceptors (Lipinski definition) is 6. The fourth-order valence-electron chi connectivity index (χ4n) is 5.37. The van der Waals surface area contributed by atoms with Crippen LogP contribution in [-0.2, 0) is 27.3 Å². The standard InChI is InChI=1S/C32H35N3O6/c1-39-30(28(21-36)24-11-13-27(14-12-24)40-22-23-7-3-2-4-8-23)41-32(38)34-18-16-26(17-19-34)35-20-15-25-9-5-6-10-29(25)33-31(35)37/h2-14,21,26,28,30H,15-20,22H2,1H3,(H,33,37). The number of anilines is 1. The number of urea groups is 1. The number of rotatable bonds is 9. The van der Waals surface area contributed by atoms with Crippen LogP contribution in [0.1, 0.15) is 35.4 Å². The van der Waals surface area contributed by atoms with Gasteiger partial charge in [0.1, 0.15) is 24.6 Å². The van der Waals surface area contributed by atoms with Gasteiger partial charge in [0.2, 0.25) is 6.29 Å². The quantitative estimate of drug-likeness (QED) is 0.287. The largest absolute Gasteiger partial charge is 0.489 e. The van der Waals surface area contributed by atoms with Gasteiger partial charge in [-0.05, 0) is 54.2 Å². The highest BCUT2D eigenvalue weighted by Gasteiger charge is 2.34. The average Bonchev–Trinajstić information content (AvgIpc) is 3.19. The van der Waals surface area contributed by atoms with E-state index < -0.39 is 18.3 Å². The molecule has 2 aliphatic heterocycles. The zero-order chi connectivity index (χ0) is 28.6. The van der Waals surface area contributed by atoms with Crippen molar-refractivity contribution in [2.45, 2.75) is 44.1 Å². The molecule has 0 bridgehead atoms. The normalized spacial score (nSPS) is 17.0. The van der Waals surface area contributed by atoms with Crippen molar-refractivity contribution in [3.05, 3.63) is 95.6 Å². The number of hydrogen-bond donors (Lipinski definition) is 1. The van der Waals surface area contributed by atoms with Crippen LogP contribution in [0.3, 0.4) is 0 Å². The Morgan fingerprint density at radius 1 is 0.976 bits per heavy atom. The zero-order valence-corrected chi connectivity index (χ0v) is 23.1. The smallest absolute Gasteiger partial charge is 0.412 e. The van der Waals surface area contributed by atoms with Crippen LogP contribution in [0.25, 0.3) is 0 Å². The van der Waals surface area contributed by atoms with E-state index >= 15 is 0 Å². The second-order valence-corrected chi connectivity index (χ2v) is 10.2. The molecule has 1 saturated heterocycles. The Hall–Kier alpha value is -4.37. The van der Waals surface area contributed by atoms with Crippen LogP contribution in [0, 0.1) is 0 Å². The van der Waals surface area contributed by atoms with Gasteiger partial charge in [-0.1, -0.05) is 60.7 Å². The van der Waals surface area contributed by atoms with Gasteiger partial charge in [0.15, 0.2) is 0 Å². The number of methoxy groups -OCH3 is 1. The van der Waals surface area contributed by atoms with Gasteiger partial charge in [-0.2, -0.15) is 0 Å². The Labute approximate surface area is 240 Å². The average molecular weight is 558 g/mol. The Bertz CT molecular complexity index is 1320. The molecule has 214 valence electrons. The van der Waals surface area contributed by atoms with Crippen molar-refractivity contribution in [2.75, 3.05) is 32.1 Å². The summed E-state index contributed by atoms with van der Waals surface area (Å²) in [5, 5.41) is 3.01. The first kappa shape index (κ1) is 28.2. The molecule has 3 amide bonds. The van der Waals surface area contributed by atoms with Gasteiger partial charge in [-0.15, -0.1) is 0 Å². The fourth-order valence-corrected chi connectivity index (χ4v) is 5.37. The number of para-hydroxylation sites is 1. The van der Waals surface area contributed by atoms with Crippen molar-refractivity contribution in [3.63, 3.8) is 0 Å². The monoisotopic (exact) mass is 557 g/mol. The zero-order valence-electron chi connectivity index (χ0n) is 23.1. The molecular formula is C32H35N3O6. The molecule has 0 saturated carbocycles. The third-order valence-electron chi connectivity index (χ3n) is 7.71. The minimum Gasteiger partial charge on any atom is -0.489 e. The highest BCUT2D eigenvalue weighted by molar-refractivity contribution is 5.91. The van der Waals surface area contributed by atoms with Crippen molar-refractivity contribution in [1.82, 2.24) is 9.80 Å². The number of likely N-dealkylation sites (tertiary alicyclic amines) is 1. The van der Waals surface area contributed by atoms with Crippen LogP contribution < -0.4 is 10.1 Å². The molecule has 3 aromatic rings. The summed E-state index contributed by atoms with van der Waals surface area (Å²) < 4.78 is 16.9. The SMILES string of the molecule is COC(OC(=O)N1CCC(N2CCc3ccccc3NC2=O)CC1)C(C=O)c1ccc(OCc2ccccc2)cc1. The minimum atomic E-state index is -1.08. The molecule has 5 rings (SSSR count). The Morgan fingerprint density at radius 3 is 2.39 bits per heavy atom. The third-order valence-corrected chi connectivity index (χ3v) is 7.71. The van der Waals surface area contributed by atoms with Gasteiger partial charge in [-0.25, -0.2) is 9.59 Å². The summed E-state index contributed by atoms with van der Waals surface area (Å²) in [6.07, 6.45) is 1.15. The highest BCUT2D eigenvalue weighted by atomic mass is 16.7. The Kier molecular flexibility index (Phi) is 9.15. The summed E-state index contributed by atoms with van der Waals surface area (Å²) in [5.74, 6) is -0.134. The van der Waals surface area contributed by atoms with Crippen LogP contribution in [0.2, 0.25) is 0 Å². The molecule has 1 fully saturated rings. The maximum atomic E-state index is 13.0. The lowest BCUT2D eigenvalue weighted by atomic mass is 10.00. The van der Waals surface area contributed by atoms with E-state index in [1.54, 1.807) is 29.2 Å². The second kappa shape index (κ2) is 13.3. The topological polar surface area (TPSA) is 97.4 Å². The maximum absolute atomic E-state index is 13.0. The lowest BCUT2D eigenvalue weighted by Crippen LogP contribution is -2.50. The van der Waals surface area contributed by atoms with E-state index in [1.165, 1.54) is 7.11 Å². The molecule has 0 aliphatic carbocycles. The van der Waals surface area contributed by atoms with Crippen molar-refractivity contribution in [1.29, 1.82) is 0 Å². The summed E-state index contributed by atoms with van der Waals surface area (Å²) in [7, 11) is 1.41. The van der Waals surface area contributed by atoms with E-state index in [9.17, 15) is 14.4 Å². The number of aldehydes is 1. The second-order valence-electron chi connectivity index (χ2n) is 10.2. The molecule has 0 spiro atoms. The minimum absolute atomic E-state index is 0.0249. The third kappa shape index (κ3) is 6.86. The van der Waals surface area contributed by atoms with E-state index in [4.69, 9.17) is 14.2 Å². The Balaban J connectivity index is 1.13. The molecule has 2 aliphatic rings. The molecule has 9 heteroatoms. The molecule has 0 radical (unpaired) electrons. The molecule has 2 unspecified atom stereocenters. The summed E-state index contributed by atoms with van der Waals surface area (Å²) in [6, 6.07) is 24.7. The first-order valence-electron chi connectivity index (χ1n) is 13.9. The van der Waals surface area contributed by atoms with Crippen molar-refractivity contribution in [3.8, 4) is 5.75 Å². The van der Waals surface area contributed by atoms with E-state index in [0.29, 0.717) is 50.4 Å². The van der Waals surface area contributed by atoms with Gasteiger partial charge < -0.3 is 34.1 Å². The van der Waals surface area contributed by atoms with Gasteiger partial charge in [0.25, 0.3) is 0 Å². The molecule has 0 aromatic heterocycles. The van der Waals surface area contributed by atoms with Crippen LogP contribution in [-0.4, -0.2) is 67.3 Å². The van der Waals surface area contributed by atoms with E-state index in [2.05, 4.69) is 5.32 Å². The molecule has 1 N–H and O–H groups in total. The molecule has 2 atom stereocenters. The first-order valence-corrected chi connectivity index (χ1v) is 13.9. The number of ether oxygens (including phenoxy) is 3. The van der Waals surface area contributed by atoms with Gasteiger partial charge in [-0.3, -0.25) is 0 Å².